The Labute approximate surface area is 140 Å². The Morgan fingerprint density at radius 2 is 2.12 bits per heavy atom. The van der Waals surface area contributed by atoms with E-state index in [1.54, 1.807) is 18.2 Å². The van der Waals surface area contributed by atoms with Crippen LogP contribution in [0.4, 0.5) is 0 Å². The van der Waals surface area contributed by atoms with Crippen LogP contribution in [0.2, 0.25) is 0 Å². The predicted octanol–water partition coefficient (Wildman–Crippen LogP) is 2.19. The number of rotatable bonds is 6. The number of carbonyl (C=O) groups is 1. The maximum atomic E-state index is 12.3. The molecule has 1 heterocycles. The van der Waals surface area contributed by atoms with Crippen LogP contribution >= 0.6 is 0 Å². The van der Waals surface area contributed by atoms with E-state index in [4.69, 9.17) is 0 Å². The number of aryl methyl sites for hydroxylation is 1. The van der Waals surface area contributed by atoms with Crippen molar-refractivity contribution < 1.29 is 4.79 Å². The van der Waals surface area contributed by atoms with Crippen LogP contribution in [0.5, 0.6) is 0 Å². The highest BCUT2D eigenvalue weighted by atomic mass is 16.2. The van der Waals surface area contributed by atoms with Crippen LogP contribution in [0.3, 0.4) is 0 Å². The number of amides is 1. The molecule has 3 rings (SSSR count). The predicted molar refractivity (Wildman–Crippen MR) is 92.6 cm³/mol. The van der Waals surface area contributed by atoms with E-state index in [9.17, 15) is 9.59 Å². The fourth-order valence-electron chi connectivity index (χ4n) is 2.96. The fraction of sp³-hybridized carbons (Fsp3) is 0.444. The molecule has 0 saturated carbocycles. The van der Waals surface area contributed by atoms with E-state index in [1.807, 2.05) is 6.07 Å². The third kappa shape index (κ3) is 4.07. The zero-order chi connectivity index (χ0) is 16.8. The van der Waals surface area contributed by atoms with Gasteiger partial charge in [-0.3, -0.25) is 9.59 Å². The van der Waals surface area contributed by atoms with E-state index < -0.39 is 0 Å². The molecule has 2 aromatic rings. The average molecular weight is 326 g/mol. The number of carbonyl (C=O) groups excluding carboxylic acids is 1. The van der Waals surface area contributed by atoms with Gasteiger partial charge >= 0.3 is 0 Å². The molecular formula is C18H22N4O2. The molecule has 1 aliphatic rings. The minimum absolute atomic E-state index is 0.0618. The Kier molecular flexibility index (Phi) is 5.36. The van der Waals surface area contributed by atoms with Gasteiger partial charge in [0.1, 0.15) is 5.52 Å². The number of benzene rings is 1. The Hall–Kier alpha value is -2.50. The van der Waals surface area contributed by atoms with Gasteiger partial charge in [-0.25, -0.2) is 4.68 Å². The lowest BCUT2D eigenvalue weighted by molar-refractivity contribution is -0.121. The largest absolute Gasteiger partial charge is 0.356 e. The molecular weight excluding hydrogens is 304 g/mol. The van der Waals surface area contributed by atoms with Gasteiger partial charge in [-0.05, 0) is 44.2 Å². The van der Waals surface area contributed by atoms with Gasteiger partial charge in [-0.15, -0.1) is 5.10 Å². The van der Waals surface area contributed by atoms with E-state index >= 15 is 0 Å². The van der Waals surface area contributed by atoms with Gasteiger partial charge in [0.2, 0.25) is 5.91 Å². The van der Waals surface area contributed by atoms with Crippen molar-refractivity contribution in [3.63, 3.8) is 0 Å². The van der Waals surface area contributed by atoms with Gasteiger partial charge in [0.15, 0.2) is 0 Å². The first kappa shape index (κ1) is 16.4. The maximum Gasteiger partial charge on any atom is 0.277 e. The van der Waals surface area contributed by atoms with Crippen molar-refractivity contribution in [3.8, 4) is 0 Å². The van der Waals surface area contributed by atoms with Crippen molar-refractivity contribution in [3.05, 3.63) is 46.3 Å². The van der Waals surface area contributed by atoms with Gasteiger partial charge < -0.3 is 5.32 Å². The van der Waals surface area contributed by atoms with Crippen molar-refractivity contribution in [1.29, 1.82) is 0 Å². The third-order valence-electron chi connectivity index (χ3n) is 4.33. The van der Waals surface area contributed by atoms with E-state index in [-0.39, 0.29) is 24.4 Å². The van der Waals surface area contributed by atoms with Crippen LogP contribution in [-0.2, 0) is 11.3 Å². The lowest BCUT2D eigenvalue weighted by Crippen LogP contribution is -2.30. The number of fused-ring (bicyclic) bond motifs is 1. The summed E-state index contributed by atoms with van der Waals surface area (Å²) in [6.45, 7) is 0.897. The normalized spacial score (nSPS) is 14.4. The highest BCUT2D eigenvalue weighted by Crippen LogP contribution is 2.19. The summed E-state index contributed by atoms with van der Waals surface area (Å²) in [6, 6.07) is 7.08. The van der Waals surface area contributed by atoms with Crippen LogP contribution < -0.4 is 10.9 Å². The summed E-state index contributed by atoms with van der Waals surface area (Å²) < 4.78 is 1.26. The Bertz CT molecular complexity index is 810. The van der Waals surface area contributed by atoms with Gasteiger partial charge in [-0.1, -0.05) is 29.0 Å². The smallest absolute Gasteiger partial charge is 0.277 e. The number of nitrogens with one attached hydrogen (secondary N) is 1. The van der Waals surface area contributed by atoms with E-state index in [0.29, 0.717) is 17.4 Å². The Balaban J connectivity index is 1.50. The van der Waals surface area contributed by atoms with Gasteiger partial charge in [0, 0.05) is 13.0 Å². The summed E-state index contributed by atoms with van der Waals surface area (Å²) in [4.78, 5) is 24.2. The van der Waals surface area contributed by atoms with Crippen LogP contribution in [-0.4, -0.2) is 27.4 Å². The molecule has 1 aromatic carbocycles. The van der Waals surface area contributed by atoms with E-state index in [0.717, 1.165) is 19.3 Å². The molecule has 126 valence electrons. The summed E-state index contributed by atoms with van der Waals surface area (Å²) in [5.74, 6) is -0.0618. The monoisotopic (exact) mass is 326 g/mol. The first-order chi connectivity index (χ1) is 11.7. The lowest BCUT2D eigenvalue weighted by atomic mass is 9.97. The summed E-state index contributed by atoms with van der Waals surface area (Å²) in [5.41, 5.74) is 1.81. The van der Waals surface area contributed by atoms with Crippen molar-refractivity contribution in [1.82, 2.24) is 20.3 Å². The molecule has 0 spiro atoms. The molecule has 1 aliphatic carbocycles. The molecule has 0 fully saturated rings. The van der Waals surface area contributed by atoms with Crippen molar-refractivity contribution in [2.24, 2.45) is 0 Å². The topological polar surface area (TPSA) is 76.9 Å². The molecule has 0 unspecified atom stereocenters. The SMILES string of the molecule is O=C(CCn1nnc2ccccc2c1=O)NCCC1=CCCCC1. The summed E-state index contributed by atoms with van der Waals surface area (Å²) in [5, 5.41) is 11.4. The lowest BCUT2D eigenvalue weighted by Gasteiger charge is -2.13. The average Bonchev–Trinajstić information content (AvgIpc) is 2.62. The summed E-state index contributed by atoms with van der Waals surface area (Å²) in [7, 11) is 0. The zero-order valence-corrected chi connectivity index (χ0v) is 13.7. The Morgan fingerprint density at radius 1 is 1.25 bits per heavy atom. The number of hydrogen-bond donors (Lipinski definition) is 1. The first-order valence-electron chi connectivity index (χ1n) is 8.51. The van der Waals surface area contributed by atoms with Crippen LogP contribution in [0.25, 0.3) is 10.9 Å². The van der Waals surface area contributed by atoms with Gasteiger partial charge in [0.25, 0.3) is 5.56 Å². The minimum atomic E-state index is -0.208. The van der Waals surface area contributed by atoms with Crippen molar-refractivity contribution in [2.75, 3.05) is 6.54 Å². The number of allylic oxidation sites excluding steroid dienone is 1. The molecule has 0 radical (unpaired) electrons. The fourth-order valence-corrected chi connectivity index (χ4v) is 2.96. The molecule has 1 N–H and O–H groups in total. The van der Waals surface area contributed by atoms with Crippen LogP contribution in [0, 0.1) is 0 Å². The molecule has 24 heavy (non-hydrogen) atoms. The standard InChI is InChI=1S/C18H22N4O2/c23-17(19-12-10-14-6-2-1-3-7-14)11-13-22-18(24)15-8-4-5-9-16(15)20-21-22/h4-6,8-9H,1-3,7,10-13H2,(H,19,23). The highest BCUT2D eigenvalue weighted by Gasteiger charge is 2.08. The molecule has 0 bridgehead atoms. The molecule has 6 nitrogen and oxygen atoms in total. The summed E-state index contributed by atoms with van der Waals surface area (Å²) in [6.07, 6.45) is 8.28. The highest BCUT2D eigenvalue weighted by molar-refractivity contribution is 5.77. The van der Waals surface area contributed by atoms with Crippen LogP contribution in [0.15, 0.2) is 40.7 Å². The van der Waals surface area contributed by atoms with Crippen molar-refractivity contribution >= 4 is 16.8 Å². The molecule has 1 amide bonds. The number of nitrogens with zero attached hydrogens (tertiary/aromatic N) is 3. The maximum absolute atomic E-state index is 12.3. The minimum Gasteiger partial charge on any atom is -0.356 e. The van der Waals surface area contributed by atoms with Gasteiger partial charge in [0.05, 0.1) is 11.9 Å². The van der Waals surface area contributed by atoms with Gasteiger partial charge in [-0.2, -0.15) is 0 Å². The molecule has 1 aromatic heterocycles. The molecule has 0 saturated heterocycles. The first-order valence-corrected chi connectivity index (χ1v) is 8.51. The van der Waals surface area contributed by atoms with E-state index in [2.05, 4.69) is 21.7 Å². The van der Waals surface area contributed by atoms with E-state index in [1.165, 1.54) is 23.1 Å². The molecule has 6 heteroatoms. The molecule has 0 aliphatic heterocycles. The quantitative estimate of drug-likeness (QED) is 0.826. The van der Waals surface area contributed by atoms with Crippen molar-refractivity contribution in [2.45, 2.75) is 45.1 Å². The third-order valence-corrected chi connectivity index (χ3v) is 4.33. The second-order valence-electron chi connectivity index (χ2n) is 6.09. The Morgan fingerprint density at radius 3 is 2.96 bits per heavy atom. The second-order valence-corrected chi connectivity index (χ2v) is 6.09. The molecule has 0 atom stereocenters. The number of hydrogen-bond acceptors (Lipinski definition) is 4. The van der Waals surface area contributed by atoms with Crippen LogP contribution in [0.1, 0.15) is 38.5 Å². The zero-order valence-electron chi connectivity index (χ0n) is 13.7. The number of aromatic nitrogens is 3. The second kappa shape index (κ2) is 7.86. The summed E-state index contributed by atoms with van der Waals surface area (Å²) >= 11 is 0.